The summed E-state index contributed by atoms with van der Waals surface area (Å²) in [6, 6.07) is 14.1. The second-order valence-electron chi connectivity index (χ2n) is 6.17. The fraction of sp³-hybridized carbons (Fsp3) is 0.105. The van der Waals surface area contributed by atoms with Crippen LogP contribution in [0.3, 0.4) is 0 Å². The quantitative estimate of drug-likeness (QED) is 0.433. The Balaban J connectivity index is 1.53. The zero-order valence-electron chi connectivity index (χ0n) is 14.4. The van der Waals surface area contributed by atoms with E-state index in [0.29, 0.717) is 30.3 Å². The van der Waals surface area contributed by atoms with Crippen molar-refractivity contribution in [2.24, 2.45) is 0 Å². The van der Waals surface area contributed by atoms with E-state index >= 15 is 0 Å². The number of hydrogen-bond donors (Lipinski definition) is 4. The summed E-state index contributed by atoms with van der Waals surface area (Å²) >= 11 is 0. The molecule has 0 bridgehead atoms. The van der Waals surface area contributed by atoms with E-state index in [2.05, 4.69) is 25.5 Å². The van der Waals surface area contributed by atoms with E-state index in [0.717, 1.165) is 22.0 Å². The molecule has 0 atom stereocenters. The molecule has 4 aromatic rings. The van der Waals surface area contributed by atoms with E-state index in [1.54, 1.807) is 6.07 Å². The van der Waals surface area contributed by atoms with Gasteiger partial charge in [0.15, 0.2) is 5.82 Å². The molecular formula is C19H18FN7. The van der Waals surface area contributed by atoms with Crippen molar-refractivity contribution < 1.29 is 4.39 Å². The first-order valence-corrected chi connectivity index (χ1v) is 8.45. The number of benzene rings is 2. The Kier molecular flexibility index (Phi) is 4.29. The van der Waals surface area contributed by atoms with Crippen LogP contribution in [-0.2, 0) is 6.42 Å². The van der Waals surface area contributed by atoms with Gasteiger partial charge >= 0.3 is 0 Å². The zero-order chi connectivity index (χ0) is 18.8. The molecular weight excluding hydrogens is 345 g/mol. The summed E-state index contributed by atoms with van der Waals surface area (Å²) in [4.78, 5) is 8.52. The summed E-state index contributed by atoms with van der Waals surface area (Å²) in [5, 5.41) is 11.0. The molecule has 0 fully saturated rings. The van der Waals surface area contributed by atoms with Gasteiger partial charge in [0.1, 0.15) is 11.6 Å². The van der Waals surface area contributed by atoms with Gasteiger partial charge in [0, 0.05) is 23.6 Å². The van der Waals surface area contributed by atoms with Crippen LogP contribution in [-0.4, -0.2) is 26.7 Å². The third kappa shape index (κ3) is 3.64. The molecule has 0 spiro atoms. The Morgan fingerprint density at radius 3 is 2.78 bits per heavy atom. The molecule has 0 saturated heterocycles. The summed E-state index contributed by atoms with van der Waals surface area (Å²) in [5.41, 5.74) is 15.0. The predicted molar refractivity (Wildman–Crippen MR) is 105 cm³/mol. The van der Waals surface area contributed by atoms with Crippen LogP contribution in [0.1, 0.15) is 5.56 Å². The van der Waals surface area contributed by atoms with Gasteiger partial charge in [-0.1, -0.05) is 18.2 Å². The maximum absolute atomic E-state index is 13.3. The molecule has 0 amide bonds. The van der Waals surface area contributed by atoms with Crippen molar-refractivity contribution in [3.8, 4) is 11.3 Å². The van der Waals surface area contributed by atoms with Gasteiger partial charge in [-0.25, -0.2) is 9.37 Å². The lowest BCUT2D eigenvalue weighted by Crippen LogP contribution is -2.08. The molecule has 0 aliphatic rings. The van der Waals surface area contributed by atoms with E-state index in [9.17, 15) is 4.39 Å². The number of aromatic nitrogens is 4. The molecule has 4 rings (SSSR count). The lowest BCUT2D eigenvalue weighted by atomic mass is 10.1. The molecule has 0 radical (unpaired) electrons. The summed E-state index contributed by atoms with van der Waals surface area (Å²) in [7, 11) is 0. The third-order valence-corrected chi connectivity index (χ3v) is 4.24. The molecule has 8 heteroatoms. The number of nitrogens with one attached hydrogen (secondary N) is 2. The maximum atomic E-state index is 13.3. The van der Waals surface area contributed by atoms with Crippen LogP contribution in [0, 0.1) is 5.82 Å². The van der Waals surface area contributed by atoms with E-state index in [-0.39, 0.29) is 11.8 Å². The van der Waals surface area contributed by atoms with Gasteiger partial charge < -0.3 is 16.8 Å². The second-order valence-corrected chi connectivity index (χ2v) is 6.17. The molecule has 0 aliphatic carbocycles. The first-order chi connectivity index (χ1) is 13.1. The van der Waals surface area contributed by atoms with Crippen LogP contribution in [0.25, 0.3) is 22.2 Å². The van der Waals surface area contributed by atoms with Crippen molar-refractivity contribution in [2.45, 2.75) is 6.42 Å². The van der Waals surface area contributed by atoms with Crippen molar-refractivity contribution in [2.75, 3.05) is 23.3 Å². The largest absolute Gasteiger partial charge is 0.382 e. The minimum Gasteiger partial charge on any atom is -0.382 e. The van der Waals surface area contributed by atoms with Crippen LogP contribution in [0.15, 0.2) is 48.5 Å². The molecule has 2 aromatic heterocycles. The van der Waals surface area contributed by atoms with Gasteiger partial charge in [0.05, 0.1) is 11.2 Å². The molecule has 136 valence electrons. The smallest absolute Gasteiger partial charge is 0.222 e. The Bertz CT molecular complexity index is 1110. The Hall–Kier alpha value is -3.68. The molecule has 0 unspecified atom stereocenters. The predicted octanol–water partition coefficient (Wildman–Crippen LogP) is 2.98. The molecule has 2 aromatic carbocycles. The summed E-state index contributed by atoms with van der Waals surface area (Å²) < 4.78 is 13.3. The Labute approximate surface area is 154 Å². The fourth-order valence-corrected chi connectivity index (χ4v) is 2.93. The average Bonchev–Trinajstić information content (AvgIpc) is 3.02. The van der Waals surface area contributed by atoms with Gasteiger partial charge in [-0.05, 0) is 36.2 Å². The van der Waals surface area contributed by atoms with Crippen molar-refractivity contribution in [1.82, 2.24) is 20.2 Å². The number of nitrogen functional groups attached to an aromatic ring is 2. The third-order valence-electron chi connectivity index (χ3n) is 4.24. The lowest BCUT2D eigenvalue weighted by molar-refractivity contribution is 0.625. The van der Waals surface area contributed by atoms with E-state index in [1.165, 1.54) is 12.1 Å². The minimum absolute atomic E-state index is 0.171. The minimum atomic E-state index is -0.240. The highest BCUT2D eigenvalue weighted by molar-refractivity contribution is 5.91. The second kappa shape index (κ2) is 6.91. The van der Waals surface area contributed by atoms with Crippen molar-refractivity contribution >= 4 is 28.5 Å². The molecule has 2 heterocycles. The van der Waals surface area contributed by atoms with Crippen LogP contribution in [0.4, 0.5) is 22.0 Å². The highest BCUT2D eigenvalue weighted by Crippen LogP contribution is 2.26. The maximum Gasteiger partial charge on any atom is 0.222 e. The molecule has 0 aliphatic heterocycles. The molecule has 27 heavy (non-hydrogen) atoms. The van der Waals surface area contributed by atoms with Gasteiger partial charge in [-0.2, -0.15) is 10.1 Å². The molecule has 6 N–H and O–H groups in total. The number of nitrogens with zero attached hydrogens (tertiary/aromatic N) is 3. The number of H-pyrrole nitrogens is 1. The van der Waals surface area contributed by atoms with Crippen molar-refractivity contribution in [3.63, 3.8) is 0 Å². The van der Waals surface area contributed by atoms with Crippen LogP contribution >= 0.6 is 0 Å². The number of nitrogens with two attached hydrogens (primary N) is 2. The Morgan fingerprint density at radius 1 is 1.04 bits per heavy atom. The van der Waals surface area contributed by atoms with Gasteiger partial charge in [0.2, 0.25) is 5.95 Å². The van der Waals surface area contributed by atoms with Crippen molar-refractivity contribution in [1.29, 1.82) is 0 Å². The highest BCUT2D eigenvalue weighted by Gasteiger charge is 2.08. The number of halogens is 1. The average molecular weight is 363 g/mol. The van der Waals surface area contributed by atoms with Gasteiger partial charge in [0.25, 0.3) is 0 Å². The normalized spacial score (nSPS) is 11.0. The summed E-state index contributed by atoms with van der Waals surface area (Å²) in [5.74, 6) is 0.998. The summed E-state index contributed by atoms with van der Waals surface area (Å²) in [6.45, 7) is 0.593. The number of fused-ring (bicyclic) bond motifs is 1. The van der Waals surface area contributed by atoms with Crippen LogP contribution in [0.2, 0.25) is 0 Å². The number of hydrogen-bond acceptors (Lipinski definition) is 6. The number of anilines is 3. The topological polar surface area (TPSA) is 119 Å². The van der Waals surface area contributed by atoms with Crippen LogP contribution < -0.4 is 16.8 Å². The molecule has 0 saturated carbocycles. The van der Waals surface area contributed by atoms with Crippen molar-refractivity contribution in [3.05, 3.63) is 59.9 Å². The highest BCUT2D eigenvalue weighted by atomic mass is 19.1. The fourth-order valence-electron chi connectivity index (χ4n) is 2.93. The number of aromatic amines is 1. The van der Waals surface area contributed by atoms with E-state index < -0.39 is 0 Å². The Morgan fingerprint density at radius 2 is 1.93 bits per heavy atom. The monoisotopic (exact) mass is 363 g/mol. The molecule has 7 nitrogen and oxygen atoms in total. The van der Waals surface area contributed by atoms with E-state index in [4.69, 9.17) is 11.5 Å². The summed E-state index contributed by atoms with van der Waals surface area (Å²) in [6.07, 6.45) is 0.663. The van der Waals surface area contributed by atoms with Crippen LogP contribution in [0.5, 0.6) is 0 Å². The standard InChI is InChI=1S/C19H18FN7/c20-13-3-1-2-11(8-13)6-7-23-17-10-15(24-19(22)25-17)12-4-5-14-16(9-12)26-27-18(14)21/h1-5,8-10H,6-7H2,(H3,21,26,27)(H3,22,23,24,25). The first kappa shape index (κ1) is 16.8. The number of rotatable bonds is 5. The SMILES string of the molecule is Nc1nc(NCCc2cccc(F)c2)cc(-c2ccc3c(N)n[nH]c3c2)n1. The zero-order valence-corrected chi connectivity index (χ0v) is 14.4. The van der Waals surface area contributed by atoms with E-state index in [1.807, 2.05) is 30.3 Å². The van der Waals surface area contributed by atoms with Gasteiger partial charge in [-0.15, -0.1) is 0 Å². The van der Waals surface area contributed by atoms with Gasteiger partial charge in [-0.3, -0.25) is 5.10 Å². The lowest BCUT2D eigenvalue weighted by Gasteiger charge is -2.09. The first-order valence-electron chi connectivity index (χ1n) is 8.45.